The first kappa shape index (κ1) is 19.9. The molecule has 0 fully saturated rings. The maximum Gasteiger partial charge on any atom is 0.263 e. The van der Waals surface area contributed by atoms with Crippen LogP contribution in [0.2, 0.25) is 5.02 Å². The Hall–Kier alpha value is -2.86. The summed E-state index contributed by atoms with van der Waals surface area (Å²) in [6.45, 7) is 5.90. The Kier molecular flexibility index (Phi) is 5.99. The van der Waals surface area contributed by atoms with E-state index in [9.17, 15) is 4.79 Å². The van der Waals surface area contributed by atoms with Crippen molar-refractivity contribution in [3.63, 3.8) is 0 Å². The number of aromatic nitrogens is 2. The van der Waals surface area contributed by atoms with Crippen LogP contribution in [0.3, 0.4) is 0 Å². The van der Waals surface area contributed by atoms with Gasteiger partial charge in [0.2, 0.25) is 11.7 Å². The first-order valence-electron chi connectivity index (χ1n) is 8.91. The number of benzene rings is 2. The lowest BCUT2D eigenvalue weighted by molar-refractivity contribution is -0.137. The molecule has 1 amide bonds. The third kappa shape index (κ3) is 4.70. The summed E-state index contributed by atoms with van der Waals surface area (Å²) in [7, 11) is 1.68. The highest BCUT2D eigenvalue weighted by atomic mass is 35.5. The molecule has 1 heterocycles. The Morgan fingerprint density at radius 1 is 1.21 bits per heavy atom. The van der Waals surface area contributed by atoms with Crippen LogP contribution in [0.25, 0.3) is 11.4 Å². The number of likely N-dealkylation sites (N-methyl/N-ethyl adjacent to an activating group) is 1. The second kappa shape index (κ2) is 8.44. The molecule has 0 aliphatic rings. The summed E-state index contributed by atoms with van der Waals surface area (Å²) >= 11 is 5.89. The fourth-order valence-electron chi connectivity index (χ4n) is 2.80. The molecule has 3 aromatic rings. The van der Waals surface area contributed by atoms with Gasteiger partial charge in [0.05, 0.1) is 6.54 Å². The number of ether oxygens (including phenoxy) is 1. The second-order valence-electron chi connectivity index (χ2n) is 6.74. The molecule has 0 aliphatic heterocycles. The van der Waals surface area contributed by atoms with Crippen molar-refractivity contribution in [2.45, 2.75) is 33.4 Å². The Balaban J connectivity index is 1.63. The first-order valence-corrected chi connectivity index (χ1v) is 9.28. The molecule has 0 spiro atoms. The average molecular weight is 400 g/mol. The van der Waals surface area contributed by atoms with E-state index in [0.717, 1.165) is 16.7 Å². The maximum atomic E-state index is 12.6. The summed E-state index contributed by atoms with van der Waals surface area (Å²) < 4.78 is 11.1. The summed E-state index contributed by atoms with van der Waals surface area (Å²) in [4.78, 5) is 18.5. The normalized spacial score (nSPS) is 11.9. The Morgan fingerprint density at radius 3 is 2.61 bits per heavy atom. The molecule has 146 valence electrons. The van der Waals surface area contributed by atoms with Crippen LogP contribution in [0.5, 0.6) is 5.75 Å². The van der Waals surface area contributed by atoms with Gasteiger partial charge in [0.25, 0.3) is 5.91 Å². The Morgan fingerprint density at radius 2 is 1.93 bits per heavy atom. The number of carbonyl (C=O) groups excluding carboxylic acids is 1. The molecule has 6 nitrogen and oxygen atoms in total. The van der Waals surface area contributed by atoms with Crippen LogP contribution < -0.4 is 4.74 Å². The molecule has 0 radical (unpaired) electrons. The quantitative estimate of drug-likeness (QED) is 0.613. The van der Waals surface area contributed by atoms with Gasteiger partial charge in [0.1, 0.15) is 5.75 Å². The zero-order valence-electron chi connectivity index (χ0n) is 16.3. The molecule has 2 aromatic carbocycles. The Bertz CT molecular complexity index is 969. The number of nitrogens with zero attached hydrogens (tertiary/aromatic N) is 3. The van der Waals surface area contributed by atoms with Gasteiger partial charge in [-0.15, -0.1) is 0 Å². The fourth-order valence-corrected chi connectivity index (χ4v) is 2.92. The minimum atomic E-state index is -0.634. The third-order valence-corrected chi connectivity index (χ3v) is 4.55. The molecule has 0 bridgehead atoms. The highest BCUT2D eigenvalue weighted by Gasteiger charge is 2.22. The van der Waals surface area contributed by atoms with Gasteiger partial charge in [-0.1, -0.05) is 34.5 Å². The lowest BCUT2D eigenvalue weighted by Crippen LogP contribution is -2.37. The SMILES string of the molecule is Cc1ccc(O[C@H](C)C(=O)N(C)Cc2nc(-c3ccc(Cl)cc3)no2)c(C)c1. The lowest BCUT2D eigenvalue weighted by atomic mass is 10.1. The van der Waals surface area contributed by atoms with E-state index in [-0.39, 0.29) is 12.5 Å². The number of amides is 1. The molecule has 1 atom stereocenters. The smallest absolute Gasteiger partial charge is 0.263 e. The summed E-state index contributed by atoms with van der Waals surface area (Å²) in [6, 6.07) is 13.0. The number of hydrogen-bond acceptors (Lipinski definition) is 5. The molecular weight excluding hydrogens is 378 g/mol. The summed E-state index contributed by atoms with van der Waals surface area (Å²) in [5.74, 6) is 1.32. The van der Waals surface area contributed by atoms with Gasteiger partial charge in [-0.25, -0.2) is 0 Å². The van der Waals surface area contributed by atoms with Crippen LogP contribution in [0, 0.1) is 13.8 Å². The first-order chi connectivity index (χ1) is 13.3. The minimum Gasteiger partial charge on any atom is -0.481 e. The van der Waals surface area contributed by atoms with Crippen LogP contribution in [-0.2, 0) is 11.3 Å². The third-order valence-electron chi connectivity index (χ3n) is 4.30. The molecule has 0 unspecified atom stereocenters. The van der Waals surface area contributed by atoms with Crippen LogP contribution in [-0.4, -0.2) is 34.1 Å². The van der Waals surface area contributed by atoms with Crippen molar-refractivity contribution < 1.29 is 14.1 Å². The van der Waals surface area contributed by atoms with Crippen LogP contribution >= 0.6 is 11.6 Å². The summed E-state index contributed by atoms with van der Waals surface area (Å²) in [5, 5.41) is 4.60. The highest BCUT2D eigenvalue weighted by molar-refractivity contribution is 6.30. The standard InChI is InChI=1S/C21H22ClN3O3/c1-13-5-10-18(14(2)11-13)27-15(3)21(26)25(4)12-19-23-20(24-28-19)16-6-8-17(22)9-7-16/h5-11,15H,12H2,1-4H3/t15-/m1/s1. The topological polar surface area (TPSA) is 68.5 Å². The monoisotopic (exact) mass is 399 g/mol. The molecule has 28 heavy (non-hydrogen) atoms. The summed E-state index contributed by atoms with van der Waals surface area (Å²) in [6.07, 6.45) is -0.634. The van der Waals surface area contributed by atoms with E-state index in [1.807, 2.05) is 44.2 Å². The summed E-state index contributed by atoms with van der Waals surface area (Å²) in [5.41, 5.74) is 2.93. The highest BCUT2D eigenvalue weighted by Crippen LogP contribution is 2.21. The van der Waals surface area contributed by atoms with Gasteiger partial charge in [-0.05, 0) is 56.7 Å². The van der Waals surface area contributed by atoms with Crippen molar-refractivity contribution in [1.29, 1.82) is 0 Å². The minimum absolute atomic E-state index is 0.175. The predicted octanol–water partition coefficient (Wildman–Crippen LogP) is 4.43. The van der Waals surface area contributed by atoms with E-state index in [1.54, 1.807) is 26.1 Å². The fraction of sp³-hybridized carbons (Fsp3) is 0.286. The zero-order chi connectivity index (χ0) is 20.3. The number of halogens is 1. The van der Waals surface area contributed by atoms with E-state index in [2.05, 4.69) is 10.1 Å². The van der Waals surface area contributed by atoms with Crippen molar-refractivity contribution in [1.82, 2.24) is 15.0 Å². The van der Waals surface area contributed by atoms with Crippen LogP contribution in [0.1, 0.15) is 23.9 Å². The van der Waals surface area contributed by atoms with Crippen molar-refractivity contribution >= 4 is 17.5 Å². The molecule has 0 saturated carbocycles. The largest absolute Gasteiger partial charge is 0.481 e. The zero-order valence-corrected chi connectivity index (χ0v) is 17.0. The number of carbonyl (C=O) groups is 1. The van der Waals surface area contributed by atoms with Gasteiger partial charge in [-0.2, -0.15) is 4.98 Å². The average Bonchev–Trinajstić information content (AvgIpc) is 3.12. The number of aryl methyl sites for hydroxylation is 2. The van der Waals surface area contributed by atoms with E-state index in [1.165, 1.54) is 4.90 Å². The van der Waals surface area contributed by atoms with E-state index in [0.29, 0.717) is 22.5 Å². The number of rotatable bonds is 6. The van der Waals surface area contributed by atoms with Gasteiger partial charge >= 0.3 is 0 Å². The molecule has 0 N–H and O–H groups in total. The predicted molar refractivity (Wildman–Crippen MR) is 107 cm³/mol. The van der Waals surface area contributed by atoms with Gasteiger partial charge < -0.3 is 14.2 Å². The van der Waals surface area contributed by atoms with Crippen molar-refractivity contribution in [2.24, 2.45) is 0 Å². The van der Waals surface area contributed by atoms with E-state index >= 15 is 0 Å². The van der Waals surface area contributed by atoms with Crippen molar-refractivity contribution in [2.75, 3.05) is 7.05 Å². The second-order valence-corrected chi connectivity index (χ2v) is 7.18. The number of hydrogen-bond donors (Lipinski definition) is 0. The molecule has 3 rings (SSSR count). The van der Waals surface area contributed by atoms with Gasteiger partial charge in [-0.3, -0.25) is 4.79 Å². The van der Waals surface area contributed by atoms with Crippen LogP contribution in [0.15, 0.2) is 47.0 Å². The molecule has 0 saturated heterocycles. The van der Waals surface area contributed by atoms with E-state index < -0.39 is 6.10 Å². The molecule has 1 aromatic heterocycles. The van der Waals surface area contributed by atoms with Gasteiger partial charge in [0, 0.05) is 17.6 Å². The molecular formula is C21H22ClN3O3. The maximum absolute atomic E-state index is 12.6. The van der Waals surface area contributed by atoms with E-state index in [4.69, 9.17) is 20.9 Å². The van der Waals surface area contributed by atoms with Crippen molar-refractivity contribution in [3.8, 4) is 17.1 Å². The lowest BCUT2D eigenvalue weighted by Gasteiger charge is -2.21. The molecule has 0 aliphatic carbocycles. The van der Waals surface area contributed by atoms with Gasteiger partial charge in [0.15, 0.2) is 6.10 Å². The van der Waals surface area contributed by atoms with Crippen LogP contribution in [0.4, 0.5) is 0 Å². The Labute approximate surface area is 169 Å². The molecule has 7 heteroatoms. The van der Waals surface area contributed by atoms with Crippen molar-refractivity contribution in [3.05, 3.63) is 64.5 Å².